The lowest BCUT2D eigenvalue weighted by atomic mass is 10.0. The van der Waals surface area contributed by atoms with Crippen molar-refractivity contribution in [2.45, 2.75) is 116 Å². The van der Waals surface area contributed by atoms with E-state index in [0.29, 0.717) is 0 Å². The van der Waals surface area contributed by atoms with E-state index in [1.807, 2.05) is 24.3 Å². The van der Waals surface area contributed by atoms with E-state index in [1.54, 1.807) is 12.1 Å². The standard InChI is InChI=1S/C27H50N.C10H8O2/c1-4-5-6-7-8-9-10-11-12-13-14-15-16-17-18-22-25-28(2,3)26-27-23-20-19-21-24-27;11-9-5-7-3-1-2-4-8(7)6-10(9)12/h19-21,23-24H,4-18,22,25-26H2,1-3H3;1-6,11-12H/q+1;. The van der Waals surface area contributed by atoms with Crippen LogP contribution in [0, 0.1) is 0 Å². The fourth-order valence-corrected chi connectivity index (χ4v) is 5.46. The van der Waals surface area contributed by atoms with Crippen molar-refractivity contribution in [3.8, 4) is 11.5 Å². The van der Waals surface area contributed by atoms with Crippen LogP contribution in [0.1, 0.15) is 115 Å². The molecule has 0 saturated carbocycles. The van der Waals surface area contributed by atoms with Gasteiger partial charge in [0.2, 0.25) is 0 Å². The molecule has 3 heteroatoms. The molecule has 2 N–H and O–H groups in total. The van der Waals surface area contributed by atoms with Crippen LogP contribution < -0.4 is 0 Å². The number of nitrogens with zero attached hydrogens (tertiary/aromatic N) is 1. The smallest absolute Gasteiger partial charge is 0.158 e. The lowest BCUT2D eigenvalue weighted by Gasteiger charge is -2.30. The molecule has 0 spiro atoms. The molecule has 0 aliphatic heterocycles. The van der Waals surface area contributed by atoms with E-state index in [-0.39, 0.29) is 11.5 Å². The van der Waals surface area contributed by atoms with Crippen LogP contribution in [0.25, 0.3) is 10.8 Å². The summed E-state index contributed by atoms with van der Waals surface area (Å²) < 4.78 is 1.11. The second-order valence-electron chi connectivity index (χ2n) is 12.3. The van der Waals surface area contributed by atoms with Gasteiger partial charge in [-0.1, -0.05) is 151 Å². The first-order valence-corrected chi connectivity index (χ1v) is 16.2. The SMILES string of the molecule is CCCCCCCCCCCCCCCCCC[N+](C)(C)Cc1ccccc1.Oc1cc2ccccc2cc1O. The summed E-state index contributed by atoms with van der Waals surface area (Å²) in [5, 5.41) is 20.2. The van der Waals surface area contributed by atoms with E-state index in [1.165, 1.54) is 115 Å². The van der Waals surface area contributed by atoms with Gasteiger partial charge in [0, 0.05) is 5.56 Å². The van der Waals surface area contributed by atoms with E-state index < -0.39 is 0 Å². The van der Waals surface area contributed by atoms with Gasteiger partial charge in [-0.2, -0.15) is 0 Å². The highest BCUT2D eigenvalue weighted by atomic mass is 16.3. The van der Waals surface area contributed by atoms with Gasteiger partial charge < -0.3 is 14.7 Å². The quantitative estimate of drug-likeness (QED) is 0.0888. The molecule has 3 nitrogen and oxygen atoms in total. The Labute approximate surface area is 245 Å². The number of benzene rings is 3. The number of rotatable bonds is 19. The lowest BCUT2D eigenvalue weighted by Crippen LogP contribution is -2.39. The first-order chi connectivity index (χ1) is 19.4. The van der Waals surface area contributed by atoms with Crippen LogP contribution in [0.4, 0.5) is 0 Å². The summed E-state index contributed by atoms with van der Waals surface area (Å²) >= 11 is 0. The zero-order valence-electron chi connectivity index (χ0n) is 25.9. The Morgan fingerprint density at radius 2 is 0.875 bits per heavy atom. The second-order valence-corrected chi connectivity index (χ2v) is 12.3. The highest BCUT2D eigenvalue weighted by Crippen LogP contribution is 2.29. The van der Waals surface area contributed by atoms with Gasteiger partial charge in [0.15, 0.2) is 11.5 Å². The lowest BCUT2D eigenvalue weighted by molar-refractivity contribution is -0.903. The number of hydrogen-bond donors (Lipinski definition) is 2. The van der Waals surface area contributed by atoms with Gasteiger partial charge in [-0.05, 0) is 35.7 Å². The molecule has 0 fully saturated rings. The molecule has 0 unspecified atom stereocenters. The molecular weight excluding hydrogens is 490 g/mol. The number of phenolic OH excluding ortho intramolecular Hbond substituents is 2. The van der Waals surface area contributed by atoms with Crippen molar-refractivity contribution in [3.05, 3.63) is 72.3 Å². The highest BCUT2D eigenvalue weighted by Gasteiger charge is 2.14. The molecule has 40 heavy (non-hydrogen) atoms. The molecule has 222 valence electrons. The van der Waals surface area contributed by atoms with Crippen molar-refractivity contribution in [2.75, 3.05) is 20.6 Å². The zero-order chi connectivity index (χ0) is 28.9. The number of phenols is 2. The average Bonchev–Trinajstić information content (AvgIpc) is 2.94. The third kappa shape index (κ3) is 15.3. The fourth-order valence-electron chi connectivity index (χ4n) is 5.46. The van der Waals surface area contributed by atoms with Crippen molar-refractivity contribution in [1.29, 1.82) is 0 Å². The summed E-state index contributed by atoms with van der Waals surface area (Å²) in [6.45, 7) is 4.75. The minimum Gasteiger partial charge on any atom is -0.504 e. The van der Waals surface area contributed by atoms with Crippen LogP contribution in [0.5, 0.6) is 11.5 Å². The summed E-state index contributed by atoms with van der Waals surface area (Å²) in [4.78, 5) is 0. The maximum absolute atomic E-state index is 9.17. The Morgan fingerprint density at radius 3 is 1.30 bits per heavy atom. The van der Waals surface area contributed by atoms with E-state index in [9.17, 15) is 0 Å². The number of hydrogen-bond acceptors (Lipinski definition) is 2. The van der Waals surface area contributed by atoms with Crippen molar-refractivity contribution in [2.24, 2.45) is 0 Å². The molecule has 0 heterocycles. The molecule has 0 saturated heterocycles. The second kappa shape index (κ2) is 20.4. The number of fused-ring (bicyclic) bond motifs is 1. The number of quaternary nitrogens is 1. The first kappa shape index (κ1) is 33.7. The highest BCUT2D eigenvalue weighted by molar-refractivity contribution is 5.85. The molecule has 0 amide bonds. The minimum atomic E-state index is -0.0753. The van der Waals surface area contributed by atoms with E-state index in [0.717, 1.165) is 21.8 Å². The van der Waals surface area contributed by atoms with Gasteiger partial charge >= 0.3 is 0 Å². The Balaban J connectivity index is 0.000000382. The van der Waals surface area contributed by atoms with Gasteiger partial charge in [-0.15, -0.1) is 0 Å². The first-order valence-electron chi connectivity index (χ1n) is 16.2. The van der Waals surface area contributed by atoms with Gasteiger partial charge in [-0.25, -0.2) is 0 Å². The van der Waals surface area contributed by atoms with Crippen LogP contribution in [-0.2, 0) is 6.54 Å². The van der Waals surface area contributed by atoms with Gasteiger partial charge in [0.25, 0.3) is 0 Å². The third-order valence-corrected chi connectivity index (χ3v) is 7.91. The monoisotopic (exact) mass is 548 g/mol. The van der Waals surface area contributed by atoms with Crippen molar-refractivity contribution < 1.29 is 14.7 Å². The molecule has 0 aromatic heterocycles. The summed E-state index contributed by atoms with van der Waals surface area (Å²) in [6.07, 6.45) is 23.2. The largest absolute Gasteiger partial charge is 0.504 e. The topological polar surface area (TPSA) is 40.5 Å². The maximum Gasteiger partial charge on any atom is 0.158 e. The normalized spacial score (nSPS) is 11.4. The predicted octanol–water partition coefficient (Wildman–Crippen LogP) is 10.8. The molecule has 3 aromatic rings. The number of aromatic hydroxyl groups is 2. The van der Waals surface area contributed by atoms with Gasteiger partial charge in [-0.3, -0.25) is 0 Å². The van der Waals surface area contributed by atoms with E-state index in [4.69, 9.17) is 10.2 Å². The summed E-state index contributed by atoms with van der Waals surface area (Å²) in [5.74, 6) is -0.151. The van der Waals surface area contributed by atoms with Crippen LogP contribution in [0.2, 0.25) is 0 Å². The summed E-state index contributed by atoms with van der Waals surface area (Å²) in [5.41, 5.74) is 1.46. The molecule has 3 aromatic carbocycles. The van der Waals surface area contributed by atoms with Crippen molar-refractivity contribution in [1.82, 2.24) is 0 Å². The Kier molecular flexibility index (Phi) is 17.2. The molecule has 3 rings (SSSR count). The Hall–Kier alpha value is -2.52. The average molecular weight is 549 g/mol. The number of unbranched alkanes of at least 4 members (excludes halogenated alkanes) is 15. The minimum absolute atomic E-state index is 0.0753. The Morgan fingerprint density at radius 1 is 0.500 bits per heavy atom. The van der Waals surface area contributed by atoms with Crippen LogP contribution >= 0.6 is 0 Å². The summed E-state index contributed by atoms with van der Waals surface area (Å²) in [7, 11) is 4.75. The molecule has 0 aliphatic rings. The molecule has 0 atom stereocenters. The molecule has 0 bridgehead atoms. The third-order valence-electron chi connectivity index (χ3n) is 7.91. The Bertz CT molecular complexity index is 990. The van der Waals surface area contributed by atoms with Crippen LogP contribution in [0.3, 0.4) is 0 Å². The van der Waals surface area contributed by atoms with Crippen LogP contribution in [-0.4, -0.2) is 35.3 Å². The zero-order valence-corrected chi connectivity index (χ0v) is 25.9. The van der Waals surface area contributed by atoms with E-state index in [2.05, 4.69) is 51.4 Å². The van der Waals surface area contributed by atoms with E-state index >= 15 is 0 Å². The summed E-state index contributed by atoms with van der Waals surface area (Å²) in [6, 6.07) is 21.6. The van der Waals surface area contributed by atoms with Gasteiger partial charge in [0.1, 0.15) is 6.54 Å². The van der Waals surface area contributed by atoms with Crippen molar-refractivity contribution >= 4 is 10.8 Å². The fraction of sp³-hybridized carbons (Fsp3) is 0.568. The molecule has 0 radical (unpaired) electrons. The van der Waals surface area contributed by atoms with Crippen LogP contribution in [0.15, 0.2) is 66.7 Å². The molecule has 0 aliphatic carbocycles. The maximum atomic E-state index is 9.17. The van der Waals surface area contributed by atoms with Crippen molar-refractivity contribution in [3.63, 3.8) is 0 Å². The predicted molar refractivity (Wildman–Crippen MR) is 174 cm³/mol. The molecular formula is C37H58NO2+. The van der Waals surface area contributed by atoms with Gasteiger partial charge in [0.05, 0.1) is 20.6 Å².